The van der Waals surface area contributed by atoms with Crippen LogP contribution in [0.4, 0.5) is 13.6 Å². The van der Waals surface area contributed by atoms with Gasteiger partial charge in [-0.2, -0.15) is 0 Å². The van der Waals surface area contributed by atoms with E-state index >= 15 is 0 Å². The van der Waals surface area contributed by atoms with Gasteiger partial charge in [0.2, 0.25) is 0 Å². The molecule has 1 atom stereocenters. The van der Waals surface area contributed by atoms with Crippen molar-refractivity contribution in [2.24, 2.45) is 0 Å². The molecule has 0 unspecified atom stereocenters. The lowest BCUT2D eigenvalue weighted by Gasteiger charge is -2.36. The van der Waals surface area contributed by atoms with Crippen LogP contribution >= 0.6 is 0 Å². The molecule has 8 heteroatoms. The molecule has 2 aromatic rings. The molecule has 1 heterocycles. The van der Waals surface area contributed by atoms with E-state index in [4.69, 9.17) is 9.47 Å². The third-order valence-electron chi connectivity index (χ3n) is 4.67. The first-order chi connectivity index (χ1) is 14.5. The molecule has 3 rings (SSSR count). The molecule has 6 nitrogen and oxygen atoms in total. The normalized spacial score (nSPS) is 16.3. The van der Waals surface area contributed by atoms with Gasteiger partial charge in [-0.1, -0.05) is 30.3 Å². The Labute approximate surface area is 173 Å². The molecule has 0 saturated heterocycles. The van der Waals surface area contributed by atoms with Crippen LogP contribution in [0.3, 0.4) is 0 Å². The van der Waals surface area contributed by atoms with Crippen LogP contribution in [0.5, 0.6) is 5.75 Å². The van der Waals surface area contributed by atoms with E-state index in [0.29, 0.717) is 0 Å². The maximum Gasteiger partial charge on any atom is 0.338 e. The van der Waals surface area contributed by atoms with Crippen molar-refractivity contribution in [1.82, 2.24) is 10.2 Å². The van der Waals surface area contributed by atoms with Crippen LogP contribution < -0.4 is 10.1 Å². The molecule has 2 aromatic carbocycles. The number of hydrogen-bond donors (Lipinski definition) is 1. The highest BCUT2D eigenvalue weighted by atomic mass is 19.1. The standard InChI is InChI=1S/C22H22F2N2O4/c1-3-26-17(13-30-18-12-8-7-11-16(18)24)19(21(27)29-4-2)20(25-22(26)28)14-9-5-6-10-15(14)23/h5-12,20H,3-4,13H2,1-2H3,(H,25,28)/t20-/m0/s1. The zero-order valence-electron chi connectivity index (χ0n) is 16.7. The van der Waals surface area contributed by atoms with Gasteiger partial charge < -0.3 is 14.8 Å². The van der Waals surface area contributed by atoms with E-state index in [0.717, 1.165) is 0 Å². The second-order valence-electron chi connectivity index (χ2n) is 6.45. The molecule has 0 aliphatic carbocycles. The van der Waals surface area contributed by atoms with Crippen molar-refractivity contribution in [3.63, 3.8) is 0 Å². The number of nitrogens with zero attached hydrogens (tertiary/aromatic N) is 1. The molecule has 0 spiro atoms. The molecule has 0 bridgehead atoms. The fourth-order valence-corrected chi connectivity index (χ4v) is 3.29. The molecule has 0 fully saturated rings. The summed E-state index contributed by atoms with van der Waals surface area (Å²) in [7, 11) is 0. The van der Waals surface area contributed by atoms with Crippen LogP contribution in [0.1, 0.15) is 25.5 Å². The van der Waals surface area contributed by atoms with Gasteiger partial charge in [-0.25, -0.2) is 18.4 Å². The number of rotatable bonds is 7. The number of para-hydroxylation sites is 1. The Kier molecular flexibility index (Phi) is 6.66. The number of likely N-dealkylation sites (N-methyl/N-ethyl adjacent to an activating group) is 1. The molecule has 2 amide bonds. The van der Waals surface area contributed by atoms with Crippen molar-refractivity contribution in [2.75, 3.05) is 19.8 Å². The average molecular weight is 416 g/mol. The van der Waals surface area contributed by atoms with E-state index in [-0.39, 0.29) is 42.3 Å². The van der Waals surface area contributed by atoms with E-state index < -0.39 is 29.7 Å². The summed E-state index contributed by atoms with van der Waals surface area (Å²) < 4.78 is 39.3. The summed E-state index contributed by atoms with van der Waals surface area (Å²) in [6.45, 7) is 3.39. The van der Waals surface area contributed by atoms with E-state index in [9.17, 15) is 18.4 Å². The number of amides is 2. The fourth-order valence-electron chi connectivity index (χ4n) is 3.29. The molecule has 0 saturated carbocycles. The first-order valence-corrected chi connectivity index (χ1v) is 9.57. The Morgan fingerprint density at radius 2 is 1.73 bits per heavy atom. The predicted molar refractivity (Wildman–Crippen MR) is 106 cm³/mol. The van der Waals surface area contributed by atoms with Gasteiger partial charge in [-0.3, -0.25) is 4.90 Å². The Morgan fingerprint density at radius 3 is 2.37 bits per heavy atom. The zero-order valence-corrected chi connectivity index (χ0v) is 16.7. The third kappa shape index (κ3) is 4.27. The van der Waals surface area contributed by atoms with Gasteiger partial charge in [0.1, 0.15) is 12.4 Å². The van der Waals surface area contributed by atoms with Gasteiger partial charge in [0, 0.05) is 12.1 Å². The number of carbonyl (C=O) groups excluding carboxylic acids is 2. The average Bonchev–Trinajstić information content (AvgIpc) is 2.73. The zero-order chi connectivity index (χ0) is 21.7. The summed E-state index contributed by atoms with van der Waals surface area (Å²) in [4.78, 5) is 26.8. The summed E-state index contributed by atoms with van der Waals surface area (Å²) in [6.07, 6.45) is 0. The van der Waals surface area contributed by atoms with Crippen molar-refractivity contribution in [3.8, 4) is 5.75 Å². The Bertz CT molecular complexity index is 977. The highest BCUT2D eigenvalue weighted by Gasteiger charge is 2.39. The fraction of sp³-hybridized carbons (Fsp3) is 0.273. The maximum absolute atomic E-state index is 14.5. The van der Waals surface area contributed by atoms with Crippen molar-refractivity contribution < 1.29 is 27.8 Å². The minimum atomic E-state index is -1.07. The summed E-state index contributed by atoms with van der Waals surface area (Å²) in [5.41, 5.74) is 0.351. The van der Waals surface area contributed by atoms with Crippen LogP contribution in [0.15, 0.2) is 59.8 Å². The van der Waals surface area contributed by atoms with Crippen LogP contribution in [0.25, 0.3) is 0 Å². The lowest BCUT2D eigenvalue weighted by atomic mass is 9.94. The quantitative estimate of drug-likeness (QED) is 0.694. The van der Waals surface area contributed by atoms with E-state index in [1.54, 1.807) is 26.0 Å². The molecule has 1 N–H and O–H groups in total. The molecule has 0 aromatic heterocycles. The van der Waals surface area contributed by atoms with Crippen LogP contribution in [-0.4, -0.2) is 36.7 Å². The van der Waals surface area contributed by atoms with Crippen LogP contribution in [-0.2, 0) is 9.53 Å². The minimum absolute atomic E-state index is 0.0299. The molecule has 1 aliphatic rings. The van der Waals surface area contributed by atoms with Crippen molar-refractivity contribution in [2.45, 2.75) is 19.9 Å². The second-order valence-corrected chi connectivity index (χ2v) is 6.45. The number of esters is 1. The first kappa shape index (κ1) is 21.3. The van der Waals surface area contributed by atoms with Gasteiger partial charge in [0.15, 0.2) is 11.6 Å². The topological polar surface area (TPSA) is 67.9 Å². The summed E-state index contributed by atoms with van der Waals surface area (Å²) >= 11 is 0. The number of halogens is 2. The number of nitrogens with one attached hydrogen (secondary N) is 1. The number of carbonyl (C=O) groups is 2. The summed E-state index contributed by atoms with van der Waals surface area (Å²) in [5, 5.41) is 2.66. The highest BCUT2D eigenvalue weighted by molar-refractivity contribution is 5.95. The van der Waals surface area contributed by atoms with Gasteiger partial charge in [-0.05, 0) is 32.0 Å². The van der Waals surface area contributed by atoms with Gasteiger partial charge in [-0.15, -0.1) is 0 Å². The Balaban J connectivity index is 2.10. The van der Waals surface area contributed by atoms with Crippen LogP contribution in [0, 0.1) is 11.6 Å². The molecule has 1 aliphatic heterocycles. The van der Waals surface area contributed by atoms with Gasteiger partial charge >= 0.3 is 12.0 Å². The van der Waals surface area contributed by atoms with Gasteiger partial charge in [0.25, 0.3) is 0 Å². The van der Waals surface area contributed by atoms with E-state index in [1.165, 1.54) is 41.3 Å². The largest absolute Gasteiger partial charge is 0.484 e. The summed E-state index contributed by atoms with van der Waals surface area (Å²) in [6, 6.07) is 10.1. The highest BCUT2D eigenvalue weighted by Crippen LogP contribution is 2.33. The van der Waals surface area contributed by atoms with Crippen molar-refractivity contribution >= 4 is 12.0 Å². The van der Waals surface area contributed by atoms with E-state index in [2.05, 4.69) is 5.32 Å². The second kappa shape index (κ2) is 9.39. The molecule has 30 heavy (non-hydrogen) atoms. The number of benzene rings is 2. The lowest BCUT2D eigenvalue weighted by Crippen LogP contribution is -2.49. The van der Waals surface area contributed by atoms with Gasteiger partial charge in [0.05, 0.1) is 23.9 Å². The molecular weight excluding hydrogens is 394 g/mol. The first-order valence-electron chi connectivity index (χ1n) is 9.57. The maximum atomic E-state index is 14.5. The van der Waals surface area contributed by atoms with E-state index in [1.807, 2.05) is 0 Å². The van der Waals surface area contributed by atoms with Crippen molar-refractivity contribution in [1.29, 1.82) is 0 Å². The van der Waals surface area contributed by atoms with Crippen molar-refractivity contribution in [3.05, 3.63) is 77.0 Å². The predicted octanol–water partition coefficient (Wildman–Crippen LogP) is 3.95. The molecular formula is C22H22F2N2O4. The minimum Gasteiger partial charge on any atom is -0.484 e. The smallest absolute Gasteiger partial charge is 0.338 e. The SMILES string of the molecule is CCOC(=O)C1=C(COc2ccccc2F)N(CC)C(=O)N[C@H]1c1ccccc1F. The van der Waals surface area contributed by atoms with Crippen LogP contribution in [0.2, 0.25) is 0 Å². The lowest BCUT2D eigenvalue weighted by molar-refractivity contribution is -0.139. The molecule has 158 valence electrons. The summed E-state index contributed by atoms with van der Waals surface area (Å²) in [5.74, 6) is -1.90. The third-order valence-corrected chi connectivity index (χ3v) is 4.67. The monoisotopic (exact) mass is 416 g/mol. The Morgan fingerprint density at radius 1 is 1.07 bits per heavy atom. The number of urea groups is 1. The number of hydrogen-bond acceptors (Lipinski definition) is 4. The number of ether oxygens (including phenoxy) is 2. The molecule has 0 radical (unpaired) electrons. The Hall–Kier alpha value is -3.42.